The molecule has 6 heteroatoms. The van der Waals surface area contributed by atoms with Crippen molar-refractivity contribution in [2.24, 2.45) is 0 Å². The first-order valence-corrected chi connectivity index (χ1v) is 9.81. The maximum absolute atomic E-state index is 13.6. The number of ether oxygens (including phenoxy) is 1. The Hall–Kier alpha value is -2.44. The van der Waals surface area contributed by atoms with Gasteiger partial charge in [-0.3, -0.25) is 4.79 Å². The predicted molar refractivity (Wildman–Crippen MR) is 107 cm³/mol. The van der Waals surface area contributed by atoms with E-state index in [4.69, 9.17) is 4.74 Å². The molecule has 3 rings (SSSR count). The fraction of sp³-hybridized carbons (Fsp3) is 0.409. The number of anilines is 1. The SMILES string of the molecule is COc1ccc(F)cc1C[NH+]1CC[NH+](CC(=O)Nc2cc(C)ccc2C)CC1. The van der Waals surface area contributed by atoms with Gasteiger partial charge in [0.1, 0.15) is 44.3 Å². The number of amides is 1. The van der Waals surface area contributed by atoms with Gasteiger partial charge in [0.2, 0.25) is 0 Å². The average molecular weight is 387 g/mol. The van der Waals surface area contributed by atoms with Crippen molar-refractivity contribution in [1.82, 2.24) is 0 Å². The number of carbonyl (C=O) groups excluding carboxylic acids is 1. The van der Waals surface area contributed by atoms with Gasteiger partial charge in [-0.15, -0.1) is 0 Å². The Balaban J connectivity index is 1.49. The van der Waals surface area contributed by atoms with Gasteiger partial charge >= 0.3 is 0 Å². The van der Waals surface area contributed by atoms with Crippen molar-refractivity contribution in [2.75, 3.05) is 45.2 Å². The predicted octanol–water partition coefficient (Wildman–Crippen LogP) is 0.373. The molecule has 0 atom stereocenters. The van der Waals surface area contributed by atoms with Crippen molar-refractivity contribution >= 4 is 11.6 Å². The highest BCUT2D eigenvalue weighted by Gasteiger charge is 2.26. The monoisotopic (exact) mass is 387 g/mol. The van der Waals surface area contributed by atoms with Crippen LogP contribution in [0.3, 0.4) is 0 Å². The second-order valence-electron chi connectivity index (χ2n) is 7.68. The van der Waals surface area contributed by atoms with E-state index in [1.165, 1.54) is 15.9 Å². The lowest BCUT2D eigenvalue weighted by atomic mass is 10.1. The molecule has 2 aromatic carbocycles. The zero-order chi connectivity index (χ0) is 20.1. The van der Waals surface area contributed by atoms with Crippen LogP contribution >= 0.6 is 0 Å². The summed E-state index contributed by atoms with van der Waals surface area (Å²) in [5.74, 6) is 0.554. The summed E-state index contributed by atoms with van der Waals surface area (Å²) >= 11 is 0. The molecule has 3 N–H and O–H groups in total. The van der Waals surface area contributed by atoms with E-state index < -0.39 is 0 Å². The minimum Gasteiger partial charge on any atom is -0.496 e. The summed E-state index contributed by atoms with van der Waals surface area (Å²) in [5.41, 5.74) is 4.01. The molecule has 0 bridgehead atoms. The van der Waals surface area contributed by atoms with Gasteiger partial charge in [0.25, 0.3) is 5.91 Å². The first-order chi connectivity index (χ1) is 13.4. The highest BCUT2D eigenvalue weighted by atomic mass is 19.1. The molecular formula is C22H30FN3O2+2. The Labute approximate surface area is 166 Å². The van der Waals surface area contributed by atoms with Crippen LogP contribution in [-0.2, 0) is 11.3 Å². The highest BCUT2D eigenvalue weighted by molar-refractivity contribution is 5.92. The van der Waals surface area contributed by atoms with Gasteiger partial charge in [-0.05, 0) is 49.2 Å². The molecule has 28 heavy (non-hydrogen) atoms. The number of piperazine rings is 1. The summed E-state index contributed by atoms with van der Waals surface area (Å²) in [6, 6.07) is 10.8. The number of halogens is 1. The molecule has 0 aliphatic carbocycles. The topological polar surface area (TPSA) is 47.2 Å². The zero-order valence-corrected chi connectivity index (χ0v) is 16.9. The Morgan fingerprint density at radius 1 is 1.07 bits per heavy atom. The number of benzene rings is 2. The summed E-state index contributed by atoms with van der Waals surface area (Å²) < 4.78 is 18.9. The van der Waals surface area contributed by atoms with E-state index in [2.05, 4.69) is 5.32 Å². The number of methoxy groups -OCH3 is 1. The first kappa shape index (κ1) is 20.3. The third-order valence-electron chi connectivity index (χ3n) is 5.42. The minimum atomic E-state index is -0.234. The lowest BCUT2D eigenvalue weighted by Gasteiger charge is -2.29. The molecule has 0 aromatic heterocycles. The van der Waals surface area contributed by atoms with Gasteiger partial charge in [-0.1, -0.05) is 12.1 Å². The van der Waals surface area contributed by atoms with Crippen molar-refractivity contribution in [3.8, 4) is 5.75 Å². The molecular weight excluding hydrogens is 357 g/mol. The van der Waals surface area contributed by atoms with Crippen LogP contribution in [0.4, 0.5) is 10.1 Å². The number of rotatable bonds is 6. The van der Waals surface area contributed by atoms with E-state index in [9.17, 15) is 9.18 Å². The Morgan fingerprint density at radius 3 is 2.50 bits per heavy atom. The molecule has 1 aliphatic heterocycles. The lowest BCUT2D eigenvalue weighted by Crippen LogP contribution is -3.28. The molecule has 1 aliphatic rings. The van der Waals surface area contributed by atoms with Crippen molar-refractivity contribution < 1.29 is 23.7 Å². The van der Waals surface area contributed by atoms with Crippen LogP contribution in [0.25, 0.3) is 0 Å². The summed E-state index contributed by atoms with van der Waals surface area (Å²) in [5, 5.41) is 3.05. The van der Waals surface area contributed by atoms with Crippen molar-refractivity contribution in [1.29, 1.82) is 0 Å². The Morgan fingerprint density at radius 2 is 1.79 bits per heavy atom. The van der Waals surface area contributed by atoms with Crippen molar-refractivity contribution in [3.05, 3.63) is 58.9 Å². The third kappa shape index (κ3) is 5.30. The number of hydrogen-bond donors (Lipinski definition) is 3. The van der Waals surface area contributed by atoms with E-state index in [-0.39, 0.29) is 11.7 Å². The third-order valence-corrected chi connectivity index (χ3v) is 5.42. The van der Waals surface area contributed by atoms with Crippen LogP contribution in [0, 0.1) is 19.7 Å². The number of aryl methyl sites for hydroxylation is 2. The molecule has 0 radical (unpaired) electrons. The molecule has 150 valence electrons. The smallest absolute Gasteiger partial charge is 0.279 e. The van der Waals surface area contributed by atoms with Gasteiger partial charge in [-0.2, -0.15) is 0 Å². The molecule has 1 amide bonds. The standard InChI is InChI=1S/C22H28FN3O2/c1-16-4-5-17(2)20(12-16)24-22(27)15-26-10-8-25(9-11-26)14-18-13-19(23)6-7-21(18)28-3/h4-7,12-13H,8-11,14-15H2,1-3H3,(H,24,27)/p+2. The molecule has 2 aromatic rings. The molecule has 0 unspecified atom stereocenters. The number of hydrogen-bond acceptors (Lipinski definition) is 2. The summed E-state index contributed by atoms with van der Waals surface area (Å²) in [4.78, 5) is 15.1. The average Bonchev–Trinajstić information content (AvgIpc) is 2.66. The summed E-state index contributed by atoms with van der Waals surface area (Å²) in [6.07, 6.45) is 0. The normalized spacial score (nSPS) is 19.3. The molecule has 1 saturated heterocycles. The maximum Gasteiger partial charge on any atom is 0.279 e. The van der Waals surface area contributed by atoms with Crippen LogP contribution < -0.4 is 19.9 Å². The largest absolute Gasteiger partial charge is 0.496 e. The van der Waals surface area contributed by atoms with Gasteiger partial charge < -0.3 is 19.9 Å². The second kappa shape index (κ2) is 9.17. The number of quaternary nitrogens is 2. The number of nitrogens with one attached hydrogen (secondary N) is 3. The van der Waals surface area contributed by atoms with Crippen molar-refractivity contribution in [3.63, 3.8) is 0 Å². The van der Waals surface area contributed by atoms with E-state index in [1.54, 1.807) is 19.2 Å². The van der Waals surface area contributed by atoms with E-state index in [0.29, 0.717) is 6.54 Å². The molecule has 0 spiro atoms. The lowest BCUT2D eigenvalue weighted by molar-refractivity contribution is -1.02. The van der Waals surface area contributed by atoms with Gasteiger partial charge in [0.05, 0.1) is 12.7 Å². The minimum absolute atomic E-state index is 0.0546. The molecule has 0 saturated carbocycles. The van der Waals surface area contributed by atoms with E-state index in [0.717, 1.165) is 60.9 Å². The molecule has 5 nitrogen and oxygen atoms in total. The molecule has 1 fully saturated rings. The fourth-order valence-electron chi connectivity index (χ4n) is 3.76. The quantitative estimate of drug-likeness (QED) is 0.671. The second-order valence-corrected chi connectivity index (χ2v) is 7.68. The van der Waals surface area contributed by atoms with Crippen LogP contribution in [0.1, 0.15) is 16.7 Å². The van der Waals surface area contributed by atoms with E-state index >= 15 is 0 Å². The zero-order valence-electron chi connectivity index (χ0n) is 16.9. The Kier molecular flexibility index (Phi) is 6.65. The van der Waals surface area contributed by atoms with Crippen LogP contribution in [-0.4, -0.2) is 45.7 Å². The highest BCUT2D eigenvalue weighted by Crippen LogP contribution is 2.18. The van der Waals surface area contributed by atoms with Gasteiger partial charge in [0, 0.05) is 5.69 Å². The fourth-order valence-corrected chi connectivity index (χ4v) is 3.76. The Bertz CT molecular complexity index is 833. The molecule has 1 heterocycles. The van der Waals surface area contributed by atoms with Crippen LogP contribution in [0.2, 0.25) is 0 Å². The summed E-state index contributed by atoms with van der Waals surface area (Å²) in [6.45, 7) is 8.99. The first-order valence-electron chi connectivity index (χ1n) is 9.81. The van der Waals surface area contributed by atoms with Crippen LogP contribution in [0.5, 0.6) is 5.75 Å². The number of carbonyl (C=O) groups is 1. The van der Waals surface area contributed by atoms with Crippen molar-refractivity contribution in [2.45, 2.75) is 20.4 Å². The van der Waals surface area contributed by atoms with E-state index in [1.807, 2.05) is 32.0 Å². The summed E-state index contributed by atoms with van der Waals surface area (Å²) in [7, 11) is 1.61. The maximum atomic E-state index is 13.6. The van der Waals surface area contributed by atoms with Gasteiger partial charge in [0.15, 0.2) is 6.54 Å². The van der Waals surface area contributed by atoms with Crippen LogP contribution in [0.15, 0.2) is 36.4 Å². The van der Waals surface area contributed by atoms with Gasteiger partial charge in [-0.25, -0.2) is 4.39 Å².